The molecule has 2 rings (SSSR count). The van der Waals surface area contributed by atoms with Crippen LogP contribution in [0.5, 0.6) is 5.75 Å². The highest BCUT2D eigenvalue weighted by Crippen LogP contribution is 2.23. The minimum Gasteiger partial charge on any atom is -0.497 e. The van der Waals surface area contributed by atoms with Crippen molar-refractivity contribution in [3.63, 3.8) is 0 Å². The Bertz CT molecular complexity index is 450. The Kier molecular flexibility index (Phi) is 6.99. The first kappa shape index (κ1) is 17.8. The number of hydrogen-bond acceptors (Lipinski definition) is 3. The van der Waals surface area contributed by atoms with Crippen molar-refractivity contribution in [2.45, 2.75) is 32.2 Å². The van der Waals surface area contributed by atoms with Gasteiger partial charge in [-0.05, 0) is 36.5 Å². The summed E-state index contributed by atoms with van der Waals surface area (Å²) in [6, 6.07) is 7.87. The molecule has 1 aliphatic heterocycles. The lowest BCUT2D eigenvalue weighted by Crippen LogP contribution is -2.49. The smallest absolute Gasteiger partial charge is 0.227 e. The van der Waals surface area contributed by atoms with Gasteiger partial charge in [0.25, 0.3) is 0 Å². The van der Waals surface area contributed by atoms with Gasteiger partial charge in [-0.3, -0.25) is 4.79 Å². The normalized spacial score (nSPS) is 21.6. The van der Waals surface area contributed by atoms with Crippen LogP contribution in [0.3, 0.4) is 0 Å². The molecule has 2 unspecified atom stereocenters. The summed E-state index contributed by atoms with van der Waals surface area (Å²) in [7, 11) is 1.64. The van der Waals surface area contributed by atoms with Crippen LogP contribution in [-0.4, -0.2) is 37.0 Å². The highest BCUT2D eigenvalue weighted by Gasteiger charge is 2.28. The summed E-state index contributed by atoms with van der Waals surface area (Å²) in [6.07, 6.45) is 2.53. The Morgan fingerprint density at radius 1 is 1.38 bits per heavy atom. The molecule has 0 bridgehead atoms. The van der Waals surface area contributed by atoms with Crippen LogP contribution in [0.15, 0.2) is 24.3 Å². The van der Waals surface area contributed by atoms with E-state index in [0.717, 1.165) is 30.7 Å². The summed E-state index contributed by atoms with van der Waals surface area (Å²) >= 11 is 0. The van der Waals surface area contributed by atoms with Gasteiger partial charge >= 0.3 is 0 Å². The number of piperidine rings is 1. The van der Waals surface area contributed by atoms with Crippen molar-refractivity contribution < 1.29 is 9.53 Å². The number of carbonyl (C=O) groups excluding carboxylic acids is 1. The number of likely N-dealkylation sites (tertiary alicyclic amines) is 1. The van der Waals surface area contributed by atoms with Crippen LogP contribution < -0.4 is 10.5 Å². The molecule has 2 atom stereocenters. The third kappa shape index (κ3) is 4.61. The number of carbonyl (C=O) groups is 1. The number of nitrogens with zero attached hydrogens (tertiary/aromatic N) is 1. The topological polar surface area (TPSA) is 55.6 Å². The van der Waals surface area contributed by atoms with Crippen LogP contribution in [0.25, 0.3) is 0 Å². The predicted molar refractivity (Wildman–Crippen MR) is 86.9 cm³/mol. The summed E-state index contributed by atoms with van der Waals surface area (Å²) in [4.78, 5) is 14.4. The van der Waals surface area contributed by atoms with Gasteiger partial charge < -0.3 is 15.4 Å². The van der Waals surface area contributed by atoms with E-state index in [4.69, 9.17) is 10.5 Å². The number of amides is 1. The summed E-state index contributed by atoms with van der Waals surface area (Å²) in [5, 5.41) is 0. The van der Waals surface area contributed by atoms with E-state index in [0.29, 0.717) is 18.9 Å². The van der Waals surface area contributed by atoms with Crippen LogP contribution >= 0.6 is 12.4 Å². The molecule has 1 aliphatic rings. The molecule has 1 aromatic rings. The first-order valence-electron chi connectivity index (χ1n) is 7.26. The van der Waals surface area contributed by atoms with Crippen LogP contribution in [0.2, 0.25) is 0 Å². The molecule has 118 valence electrons. The molecular formula is C16H25ClN2O2. The molecule has 0 aliphatic carbocycles. The molecule has 21 heavy (non-hydrogen) atoms. The highest BCUT2D eigenvalue weighted by molar-refractivity contribution is 5.85. The first-order valence-corrected chi connectivity index (χ1v) is 7.26. The predicted octanol–water partition coefficient (Wildman–Crippen LogP) is 2.25. The van der Waals surface area contributed by atoms with Crippen molar-refractivity contribution in [3.05, 3.63) is 29.8 Å². The summed E-state index contributed by atoms with van der Waals surface area (Å²) in [6.45, 7) is 3.62. The molecule has 0 saturated carbocycles. The van der Waals surface area contributed by atoms with E-state index in [2.05, 4.69) is 6.92 Å². The average molecular weight is 313 g/mol. The Hall–Kier alpha value is -1.26. The summed E-state index contributed by atoms with van der Waals surface area (Å²) < 4.78 is 5.12. The van der Waals surface area contributed by atoms with E-state index in [1.165, 1.54) is 0 Å². The molecule has 2 N–H and O–H groups in total. The minimum atomic E-state index is 0. The minimum absolute atomic E-state index is 0. The van der Waals surface area contributed by atoms with E-state index in [9.17, 15) is 4.79 Å². The van der Waals surface area contributed by atoms with E-state index in [-0.39, 0.29) is 24.4 Å². The molecule has 0 radical (unpaired) electrons. The van der Waals surface area contributed by atoms with Gasteiger partial charge in [0.2, 0.25) is 5.91 Å². The number of methoxy groups -OCH3 is 1. The zero-order chi connectivity index (χ0) is 14.5. The van der Waals surface area contributed by atoms with Gasteiger partial charge in [0, 0.05) is 19.1 Å². The SMILES string of the molecule is COc1ccc(CC(=O)N2CCC(C)CC2CN)cc1.Cl. The fraction of sp³-hybridized carbons (Fsp3) is 0.562. The van der Waals surface area contributed by atoms with E-state index in [1.54, 1.807) is 7.11 Å². The van der Waals surface area contributed by atoms with Gasteiger partial charge in [-0.25, -0.2) is 0 Å². The van der Waals surface area contributed by atoms with Crippen LogP contribution in [-0.2, 0) is 11.2 Å². The highest BCUT2D eigenvalue weighted by atomic mass is 35.5. The van der Waals surface area contributed by atoms with E-state index in [1.807, 2.05) is 29.2 Å². The number of nitrogens with two attached hydrogens (primary N) is 1. The van der Waals surface area contributed by atoms with Gasteiger partial charge in [0.15, 0.2) is 0 Å². The zero-order valence-corrected chi connectivity index (χ0v) is 13.6. The lowest BCUT2D eigenvalue weighted by molar-refractivity contribution is -0.134. The zero-order valence-electron chi connectivity index (χ0n) is 12.7. The largest absolute Gasteiger partial charge is 0.497 e. The van der Waals surface area contributed by atoms with Crippen molar-refractivity contribution in [1.82, 2.24) is 4.90 Å². The van der Waals surface area contributed by atoms with Crippen molar-refractivity contribution in [1.29, 1.82) is 0 Å². The lowest BCUT2D eigenvalue weighted by Gasteiger charge is -2.38. The fourth-order valence-electron chi connectivity index (χ4n) is 2.82. The molecule has 4 nitrogen and oxygen atoms in total. The van der Waals surface area contributed by atoms with Gasteiger partial charge in [-0.1, -0.05) is 19.1 Å². The lowest BCUT2D eigenvalue weighted by atomic mass is 9.92. The molecule has 1 fully saturated rings. The maximum absolute atomic E-state index is 12.4. The number of hydrogen-bond donors (Lipinski definition) is 1. The molecular weight excluding hydrogens is 288 g/mol. The molecule has 1 saturated heterocycles. The van der Waals surface area contributed by atoms with Crippen LogP contribution in [0, 0.1) is 5.92 Å². The second-order valence-corrected chi connectivity index (χ2v) is 5.63. The van der Waals surface area contributed by atoms with E-state index < -0.39 is 0 Å². The number of halogens is 1. The maximum atomic E-state index is 12.4. The fourth-order valence-corrected chi connectivity index (χ4v) is 2.82. The number of rotatable bonds is 4. The van der Waals surface area contributed by atoms with Gasteiger partial charge in [0.1, 0.15) is 5.75 Å². The average Bonchev–Trinajstić information content (AvgIpc) is 2.47. The van der Waals surface area contributed by atoms with Crippen molar-refractivity contribution in [2.75, 3.05) is 20.2 Å². The summed E-state index contributed by atoms with van der Waals surface area (Å²) in [5.41, 5.74) is 6.83. The third-order valence-corrected chi connectivity index (χ3v) is 4.08. The van der Waals surface area contributed by atoms with Gasteiger partial charge in [-0.2, -0.15) is 0 Å². The van der Waals surface area contributed by atoms with Crippen molar-refractivity contribution >= 4 is 18.3 Å². The van der Waals surface area contributed by atoms with Gasteiger partial charge in [-0.15, -0.1) is 12.4 Å². The quantitative estimate of drug-likeness (QED) is 0.927. The molecule has 1 aromatic carbocycles. The van der Waals surface area contributed by atoms with E-state index >= 15 is 0 Å². The third-order valence-electron chi connectivity index (χ3n) is 4.08. The summed E-state index contributed by atoms with van der Waals surface area (Å²) in [5.74, 6) is 1.65. The van der Waals surface area contributed by atoms with Crippen LogP contribution in [0.4, 0.5) is 0 Å². The second-order valence-electron chi connectivity index (χ2n) is 5.63. The molecule has 0 spiro atoms. The Morgan fingerprint density at radius 2 is 2.05 bits per heavy atom. The Balaban J connectivity index is 0.00000220. The Labute approximate surface area is 133 Å². The number of benzene rings is 1. The molecule has 1 heterocycles. The number of ether oxygens (including phenoxy) is 1. The first-order chi connectivity index (χ1) is 9.63. The molecule has 0 aromatic heterocycles. The maximum Gasteiger partial charge on any atom is 0.227 e. The Morgan fingerprint density at radius 3 is 2.62 bits per heavy atom. The standard InChI is InChI=1S/C16H24N2O2.ClH/c1-12-7-8-18(14(9-12)11-17)16(19)10-13-3-5-15(20-2)6-4-13;/h3-6,12,14H,7-11,17H2,1-2H3;1H. The second kappa shape index (κ2) is 8.25. The molecule has 1 amide bonds. The monoisotopic (exact) mass is 312 g/mol. The molecule has 5 heteroatoms. The van der Waals surface area contributed by atoms with Crippen molar-refractivity contribution in [3.8, 4) is 5.75 Å². The van der Waals surface area contributed by atoms with Gasteiger partial charge in [0.05, 0.1) is 13.5 Å². The van der Waals surface area contributed by atoms with Crippen molar-refractivity contribution in [2.24, 2.45) is 11.7 Å². The van der Waals surface area contributed by atoms with Crippen LogP contribution in [0.1, 0.15) is 25.3 Å².